The molecule has 3 heteroatoms. The van der Waals surface area contributed by atoms with Crippen molar-refractivity contribution in [1.29, 1.82) is 0 Å². The summed E-state index contributed by atoms with van der Waals surface area (Å²) >= 11 is 5.42. The Hall–Kier alpha value is -0.640. The smallest absolute Gasteiger partial charge is 0.0599 e. The van der Waals surface area contributed by atoms with Gasteiger partial charge in [-0.15, -0.1) is 0 Å². The molecule has 1 atom stereocenters. The molecule has 0 radical (unpaired) electrons. The zero-order valence-corrected chi connectivity index (χ0v) is 14.9. The van der Waals surface area contributed by atoms with Crippen LogP contribution in [-0.4, -0.2) is 6.54 Å². The summed E-state index contributed by atoms with van der Waals surface area (Å²) in [5.41, 5.74) is 4.26. The maximum absolute atomic E-state index is 3.68. The first-order valence-electron chi connectivity index (χ1n) is 6.99. The Kier molecular flexibility index (Phi) is 5.05. The van der Waals surface area contributed by atoms with Crippen molar-refractivity contribution >= 4 is 27.3 Å². The number of nitrogens with one attached hydrogen (secondary N) is 1. The molecule has 1 aromatic carbocycles. The van der Waals surface area contributed by atoms with Crippen LogP contribution in [0.3, 0.4) is 0 Å². The molecule has 0 saturated carbocycles. The van der Waals surface area contributed by atoms with Gasteiger partial charge in [-0.2, -0.15) is 11.3 Å². The van der Waals surface area contributed by atoms with Gasteiger partial charge in [-0.05, 0) is 50.0 Å². The summed E-state index contributed by atoms with van der Waals surface area (Å²) in [6.45, 7) is 9.94. The van der Waals surface area contributed by atoms with Gasteiger partial charge < -0.3 is 5.32 Å². The largest absolute Gasteiger partial charge is 0.306 e. The third kappa shape index (κ3) is 3.33. The van der Waals surface area contributed by atoms with Gasteiger partial charge in [0.25, 0.3) is 0 Å². The topological polar surface area (TPSA) is 12.0 Å². The lowest BCUT2D eigenvalue weighted by Crippen LogP contribution is -2.25. The minimum atomic E-state index is 0.146. The Morgan fingerprint density at radius 3 is 2.40 bits per heavy atom. The van der Waals surface area contributed by atoms with E-state index in [-0.39, 0.29) is 11.5 Å². The molecule has 0 saturated heterocycles. The zero-order chi connectivity index (χ0) is 14.8. The molecule has 0 bridgehead atoms. The van der Waals surface area contributed by atoms with Crippen molar-refractivity contribution in [2.45, 2.75) is 39.2 Å². The summed E-state index contributed by atoms with van der Waals surface area (Å²) < 4.78 is 1.19. The minimum Gasteiger partial charge on any atom is -0.306 e. The molecule has 1 heterocycles. The van der Waals surface area contributed by atoms with Crippen LogP contribution in [0, 0.1) is 0 Å². The van der Waals surface area contributed by atoms with Crippen LogP contribution < -0.4 is 5.32 Å². The first kappa shape index (κ1) is 15.7. The van der Waals surface area contributed by atoms with Crippen LogP contribution in [0.4, 0.5) is 0 Å². The van der Waals surface area contributed by atoms with Gasteiger partial charge in [0, 0.05) is 9.85 Å². The van der Waals surface area contributed by atoms with E-state index in [1.807, 2.05) is 0 Å². The number of hydrogen-bond acceptors (Lipinski definition) is 2. The van der Waals surface area contributed by atoms with Crippen molar-refractivity contribution in [2.75, 3.05) is 6.54 Å². The maximum atomic E-state index is 3.68. The first-order chi connectivity index (χ1) is 9.45. The Bertz CT molecular complexity index is 568. The Balaban J connectivity index is 2.54. The Labute approximate surface area is 134 Å². The van der Waals surface area contributed by atoms with Crippen molar-refractivity contribution in [3.8, 4) is 0 Å². The van der Waals surface area contributed by atoms with Crippen molar-refractivity contribution in [1.82, 2.24) is 5.32 Å². The molecule has 1 nitrogen and oxygen atoms in total. The third-order valence-electron chi connectivity index (χ3n) is 3.44. The van der Waals surface area contributed by atoms with Gasteiger partial charge in [0.05, 0.1) is 6.04 Å². The number of hydrogen-bond donors (Lipinski definition) is 1. The standard InChI is InChI=1S/C17H22BrNS/c1-5-19-16(13-10-20-11-15(13)18)12-8-6-7-9-14(12)17(2,3)4/h6-11,16,19H,5H2,1-4H3. The number of halogens is 1. The van der Waals surface area contributed by atoms with E-state index in [0.29, 0.717) is 0 Å². The summed E-state index contributed by atoms with van der Waals surface area (Å²) in [6, 6.07) is 9.01. The molecule has 1 unspecified atom stereocenters. The highest BCUT2D eigenvalue weighted by Crippen LogP contribution is 2.36. The van der Waals surface area contributed by atoms with E-state index in [9.17, 15) is 0 Å². The van der Waals surface area contributed by atoms with Crippen LogP contribution in [0.25, 0.3) is 0 Å². The monoisotopic (exact) mass is 351 g/mol. The predicted molar refractivity (Wildman–Crippen MR) is 92.7 cm³/mol. The summed E-state index contributed by atoms with van der Waals surface area (Å²) in [5.74, 6) is 0. The quantitative estimate of drug-likeness (QED) is 0.765. The minimum absolute atomic E-state index is 0.146. The fourth-order valence-electron chi connectivity index (χ4n) is 2.52. The van der Waals surface area contributed by atoms with Crippen LogP contribution in [0.15, 0.2) is 39.5 Å². The average Bonchev–Trinajstić information content (AvgIpc) is 2.81. The van der Waals surface area contributed by atoms with Crippen molar-refractivity contribution in [3.63, 3.8) is 0 Å². The highest BCUT2D eigenvalue weighted by Gasteiger charge is 2.24. The fourth-order valence-corrected chi connectivity index (χ4v) is 4.07. The molecule has 2 aromatic rings. The highest BCUT2D eigenvalue weighted by molar-refractivity contribution is 9.10. The SMILES string of the molecule is CCNC(c1cscc1Br)c1ccccc1C(C)(C)C. The van der Waals surface area contributed by atoms with Gasteiger partial charge >= 0.3 is 0 Å². The lowest BCUT2D eigenvalue weighted by molar-refractivity contribution is 0.557. The van der Waals surface area contributed by atoms with Crippen molar-refractivity contribution < 1.29 is 0 Å². The molecule has 0 aliphatic carbocycles. The number of benzene rings is 1. The van der Waals surface area contributed by atoms with Crippen LogP contribution in [0.1, 0.15) is 50.4 Å². The molecule has 0 aliphatic rings. The third-order valence-corrected chi connectivity index (χ3v) is 5.19. The lowest BCUT2D eigenvalue weighted by Gasteiger charge is -2.28. The summed E-state index contributed by atoms with van der Waals surface area (Å²) in [4.78, 5) is 0. The van der Waals surface area contributed by atoms with E-state index in [0.717, 1.165) is 6.54 Å². The molecular formula is C17H22BrNS. The van der Waals surface area contributed by atoms with Gasteiger partial charge in [-0.25, -0.2) is 0 Å². The van der Waals surface area contributed by atoms with E-state index in [1.54, 1.807) is 11.3 Å². The molecule has 108 valence electrons. The van der Waals surface area contributed by atoms with E-state index in [2.05, 4.69) is 84.0 Å². The normalized spacial score (nSPS) is 13.4. The summed E-state index contributed by atoms with van der Waals surface area (Å²) in [5, 5.41) is 8.02. The molecule has 0 amide bonds. The summed E-state index contributed by atoms with van der Waals surface area (Å²) in [7, 11) is 0. The van der Waals surface area contributed by atoms with Gasteiger partial charge in [0.1, 0.15) is 0 Å². The fraction of sp³-hybridized carbons (Fsp3) is 0.412. The second kappa shape index (κ2) is 6.42. The second-order valence-electron chi connectivity index (χ2n) is 6.00. The Morgan fingerprint density at radius 2 is 1.85 bits per heavy atom. The highest BCUT2D eigenvalue weighted by atomic mass is 79.9. The zero-order valence-electron chi connectivity index (χ0n) is 12.5. The van der Waals surface area contributed by atoms with E-state index >= 15 is 0 Å². The van der Waals surface area contributed by atoms with Gasteiger partial charge in [-0.3, -0.25) is 0 Å². The second-order valence-corrected chi connectivity index (χ2v) is 7.60. The van der Waals surface area contributed by atoms with E-state index in [4.69, 9.17) is 0 Å². The molecule has 1 N–H and O–H groups in total. The summed E-state index contributed by atoms with van der Waals surface area (Å²) in [6.07, 6.45) is 0. The molecular weight excluding hydrogens is 330 g/mol. The van der Waals surface area contributed by atoms with Crippen LogP contribution in [-0.2, 0) is 5.41 Å². The molecule has 20 heavy (non-hydrogen) atoms. The lowest BCUT2D eigenvalue weighted by atomic mass is 9.81. The van der Waals surface area contributed by atoms with Crippen LogP contribution in [0.2, 0.25) is 0 Å². The van der Waals surface area contributed by atoms with Crippen molar-refractivity contribution in [2.24, 2.45) is 0 Å². The predicted octanol–water partition coefficient (Wildman–Crippen LogP) is 5.51. The van der Waals surface area contributed by atoms with E-state index in [1.165, 1.54) is 21.2 Å². The first-order valence-corrected chi connectivity index (χ1v) is 8.73. The van der Waals surface area contributed by atoms with Gasteiger partial charge in [0.2, 0.25) is 0 Å². The van der Waals surface area contributed by atoms with Gasteiger partial charge in [-0.1, -0.05) is 52.0 Å². The Morgan fingerprint density at radius 1 is 1.15 bits per heavy atom. The molecule has 2 rings (SSSR count). The maximum Gasteiger partial charge on any atom is 0.0599 e. The number of rotatable bonds is 4. The molecule has 0 spiro atoms. The van der Waals surface area contributed by atoms with Gasteiger partial charge in [0.15, 0.2) is 0 Å². The molecule has 0 aliphatic heterocycles. The molecule has 1 aromatic heterocycles. The molecule has 0 fully saturated rings. The van der Waals surface area contributed by atoms with E-state index < -0.39 is 0 Å². The number of thiophene rings is 1. The van der Waals surface area contributed by atoms with Crippen LogP contribution >= 0.6 is 27.3 Å². The van der Waals surface area contributed by atoms with Crippen LogP contribution in [0.5, 0.6) is 0 Å². The van der Waals surface area contributed by atoms with Crippen molar-refractivity contribution in [3.05, 3.63) is 56.2 Å². The average molecular weight is 352 g/mol.